The minimum atomic E-state index is -3.44. The lowest BCUT2D eigenvalue weighted by atomic mass is 10.3. The number of thioether (sulfide) groups is 1. The zero-order valence-electron chi connectivity index (χ0n) is 14.9. The molecular weight excluding hydrogens is 404 g/mol. The molecule has 2 aromatic carbocycles. The average molecular weight is 425 g/mol. The van der Waals surface area contributed by atoms with Gasteiger partial charge in [0.15, 0.2) is 0 Å². The minimum absolute atomic E-state index is 0.148. The number of nitrogens with zero attached hydrogens (tertiary/aromatic N) is 1. The molecule has 1 saturated heterocycles. The normalized spacial score (nSPS) is 16.2. The summed E-state index contributed by atoms with van der Waals surface area (Å²) in [6.45, 7) is 2.96. The monoisotopic (exact) mass is 424 g/mol. The Morgan fingerprint density at radius 1 is 1.07 bits per heavy atom. The number of rotatable bonds is 6. The number of hydrogen-bond acceptors (Lipinski definition) is 4. The average Bonchev–Trinajstić information content (AvgIpc) is 3.19. The lowest BCUT2D eigenvalue weighted by Gasteiger charge is -2.16. The predicted molar refractivity (Wildman–Crippen MR) is 110 cm³/mol. The molecule has 0 radical (unpaired) electrons. The maximum absolute atomic E-state index is 12.5. The number of carbonyl (C=O) groups excluding carboxylic acids is 1. The highest BCUT2D eigenvalue weighted by Crippen LogP contribution is 2.26. The van der Waals surface area contributed by atoms with Gasteiger partial charge in [-0.15, -0.1) is 11.8 Å². The Kier molecular flexibility index (Phi) is 6.47. The molecule has 144 valence electrons. The van der Waals surface area contributed by atoms with Crippen molar-refractivity contribution in [2.24, 2.45) is 0 Å². The van der Waals surface area contributed by atoms with Crippen molar-refractivity contribution in [2.45, 2.75) is 34.8 Å². The standard InChI is InChI=1S/C19H21ClN2O3S2/c1-14(26-17-8-4-15(20)5-9-17)19(23)21-16-6-10-18(11-7-16)27(24,25)22-12-2-3-13-22/h4-11,14H,2-3,12-13H2,1H3,(H,21,23)/t14-/m1/s1. The van der Waals surface area contributed by atoms with Crippen molar-refractivity contribution in [2.75, 3.05) is 18.4 Å². The van der Waals surface area contributed by atoms with Crippen LogP contribution >= 0.6 is 23.4 Å². The van der Waals surface area contributed by atoms with Crippen LogP contribution in [0.3, 0.4) is 0 Å². The molecule has 1 fully saturated rings. The number of anilines is 1. The zero-order chi connectivity index (χ0) is 19.4. The highest BCUT2D eigenvalue weighted by Gasteiger charge is 2.27. The van der Waals surface area contributed by atoms with Gasteiger partial charge >= 0.3 is 0 Å². The van der Waals surface area contributed by atoms with Crippen LogP contribution in [-0.4, -0.2) is 37.0 Å². The number of benzene rings is 2. The van der Waals surface area contributed by atoms with E-state index in [4.69, 9.17) is 11.6 Å². The maximum atomic E-state index is 12.5. The molecule has 0 aliphatic carbocycles. The second kappa shape index (κ2) is 8.65. The van der Waals surface area contributed by atoms with Crippen LogP contribution in [0.5, 0.6) is 0 Å². The van der Waals surface area contributed by atoms with Crippen molar-refractivity contribution in [3.8, 4) is 0 Å². The Bertz CT molecular complexity index is 894. The lowest BCUT2D eigenvalue weighted by molar-refractivity contribution is -0.115. The van der Waals surface area contributed by atoms with Crippen molar-refractivity contribution >= 4 is 45.0 Å². The van der Waals surface area contributed by atoms with Gasteiger partial charge in [0.25, 0.3) is 0 Å². The van der Waals surface area contributed by atoms with E-state index in [9.17, 15) is 13.2 Å². The molecule has 1 atom stereocenters. The van der Waals surface area contributed by atoms with E-state index in [1.807, 2.05) is 19.1 Å². The van der Waals surface area contributed by atoms with E-state index in [0.29, 0.717) is 23.8 Å². The first-order chi connectivity index (χ1) is 12.9. The topological polar surface area (TPSA) is 66.5 Å². The summed E-state index contributed by atoms with van der Waals surface area (Å²) in [5, 5.41) is 3.17. The molecule has 1 heterocycles. The molecular formula is C19H21ClN2O3S2. The van der Waals surface area contributed by atoms with Gasteiger partial charge in [0.2, 0.25) is 15.9 Å². The van der Waals surface area contributed by atoms with Crippen molar-refractivity contribution in [3.05, 3.63) is 53.6 Å². The van der Waals surface area contributed by atoms with Gasteiger partial charge < -0.3 is 5.32 Å². The molecule has 0 spiro atoms. The highest BCUT2D eigenvalue weighted by atomic mass is 35.5. The van der Waals surface area contributed by atoms with Crippen LogP contribution < -0.4 is 5.32 Å². The van der Waals surface area contributed by atoms with Gasteiger partial charge in [0.05, 0.1) is 10.1 Å². The summed E-state index contributed by atoms with van der Waals surface area (Å²) in [4.78, 5) is 13.6. The van der Waals surface area contributed by atoms with Crippen LogP contribution in [0, 0.1) is 0 Å². The summed E-state index contributed by atoms with van der Waals surface area (Å²) in [5.41, 5.74) is 0.573. The number of hydrogen-bond donors (Lipinski definition) is 1. The molecule has 0 saturated carbocycles. The van der Waals surface area contributed by atoms with Gasteiger partial charge in [0, 0.05) is 28.7 Å². The summed E-state index contributed by atoms with van der Waals surface area (Å²) in [7, 11) is -3.44. The molecule has 8 heteroatoms. The van der Waals surface area contributed by atoms with Crippen LogP contribution in [0.2, 0.25) is 5.02 Å². The van der Waals surface area contributed by atoms with Crippen LogP contribution in [0.25, 0.3) is 0 Å². The van der Waals surface area contributed by atoms with E-state index in [-0.39, 0.29) is 16.1 Å². The van der Waals surface area contributed by atoms with Crippen molar-refractivity contribution < 1.29 is 13.2 Å². The van der Waals surface area contributed by atoms with Gasteiger partial charge in [-0.2, -0.15) is 4.31 Å². The molecule has 0 unspecified atom stereocenters. The number of carbonyl (C=O) groups is 1. The minimum Gasteiger partial charge on any atom is -0.325 e. The molecule has 0 aromatic heterocycles. The van der Waals surface area contributed by atoms with Crippen molar-refractivity contribution in [1.82, 2.24) is 4.31 Å². The molecule has 3 rings (SSSR count). The Hall–Kier alpha value is -1.54. The van der Waals surface area contributed by atoms with Crippen LogP contribution in [0.4, 0.5) is 5.69 Å². The number of sulfonamides is 1. The molecule has 1 aliphatic heterocycles. The Labute approximate surface area is 169 Å². The maximum Gasteiger partial charge on any atom is 0.243 e. The van der Waals surface area contributed by atoms with Gasteiger partial charge in [-0.1, -0.05) is 11.6 Å². The second-order valence-electron chi connectivity index (χ2n) is 6.34. The molecule has 1 amide bonds. The van der Waals surface area contributed by atoms with Crippen molar-refractivity contribution in [1.29, 1.82) is 0 Å². The van der Waals surface area contributed by atoms with Crippen LogP contribution in [0.15, 0.2) is 58.3 Å². The molecule has 5 nitrogen and oxygen atoms in total. The van der Waals surface area contributed by atoms with E-state index < -0.39 is 10.0 Å². The quantitative estimate of drug-likeness (QED) is 0.704. The fourth-order valence-corrected chi connectivity index (χ4v) is 5.31. The Morgan fingerprint density at radius 3 is 2.26 bits per heavy atom. The van der Waals surface area contributed by atoms with E-state index in [1.165, 1.54) is 16.1 Å². The summed E-state index contributed by atoms with van der Waals surface area (Å²) in [6.07, 6.45) is 1.80. The van der Waals surface area contributed by atoms with Gasteiger partial charge in [-0.25, -0.2) is 8.42 Å². The second-order valence-corrected chi connectivity index (χ2v) is 10.1. The largest absolute Gasteiger partial charge is 0.325 e. The third-order valence-corrected chi connectivity index (χ3v) is 7.60. The molecule has 1 aliphatic rings. The van der Waals surface area contributed by atoms with E-state index in [2.05, 4.69) is 5.32 Å². The Morgan fingerprint density at radius 2 is 1.67 bits per heavy atom. The smallest absolute Gasteiger partial charge is 0.243 e. The molecule has 0 bridgehead atoms. The van der Waals surface area contributed by atoms with E-state index in [0.717, 1.165) is 17.7 Å². The molecule has 27 heavy (non-hydrogen) atoms. The van der Waals surface area contributed by atoms with Crippen LogP contribution in [-0.2, 0) is 14.8 Å². The zero-order valence-corrected chi connectivity index (χ0v) is 17.3. The summed E-state index contributed by atoms with van der Waals surface area (Å²) in [6, 6.07) is 13.6. The van der Waals surface area contributed by atoms with Crippen LogP contribution in [0.1, 0.15) is 19.8 Å². The Balaban J connectivity index is 1.61. The van der Waals surface area contributed by atoms with Crippen molar-refractivity contribution in [3.63, 3.8) is 0 Å². The SMILES string of the molecule is C[C@@H](Sc1ccc(Cl)cc1)C(=O)Nc1ccc(S(=O)(=O)N2CCCC2)cc1. The van der Waals surface area contributed by atoms with E-state index >= 15 is 0 Å². The van der Waals surface area contributed by atoms with Gasteiger partial charge in [0.1, 0.15) is 0 Å². The first-order valence-corrected chi connectivity index (χ1v) is 11.4. The highest BCUT2D eigenvalue weighted by molar-refractivity contribution is 8.00. The van der Waals surface area contributed by atoms with Gasteiger partial charge in [-0.3, -0.25) is 4.79 Å². The fraction of sp³-hybridized carbons (Fsp3) is 0.316. The number of amides is 1. The first kappa shape index (κ1) is 20.2. The van der Waals surface area contributed by atoms with E-state index in [1.54, 1.807) is 36.4 Å². The summed E-state index contributed by atoms with van der Waals surface area (Å²) >= 11 is 7.30. The summed E-state index contributed by atoms with van der Waals surface area (Å²) in [5.74, 6) is -0.148. The fourth-order valence-electron chi connectivity index (χ4n) is 2.80. The third kappa shape index (κ3) is 5.04. The predicted octanol–water partition coefficient (Wildman–Crippen LogP) is 4.24. The third-order valence-electron chi connectivity index (χ3n) is 4.32. The lowest BCUT2D eigenvalue weighted by Crippen LogP contribution is -2.27. The molecule has 2 aromatic rings. The molecule has 1 N–H and O–H groups in total. The number of nitrogens with one attached hydrogen (secondary N) is 1. The first-order valence-electron chi connectivity index (χ1n) is 8.69. The summed E-state index contributed by atoms with van der Waals surface area (Å²) < 4.78 is 26.6. The van der Waals surface area contributed by atoms with Gasteiger partial charge in [-0.05, 0) is 68.3 Å². The number of halogens is 1.